The number of pyridine rings is 2. The number of fused-ring (bicyclic) bond motifs is 1. The molecule has 0 spiro atoms. The number of methoxy groups -OCH3 is 1. The summed E-state index contributed by atoms with van der Waals surface area (Å²) in [5.74, 6) is 0.529. The molecule has 3 atom stereocenters. The third-order valence-electron chi connectivity index (χ3n) is 9.80. The van der Waals surface area contributed by atoms with Crippen LogP contribution in [-0.2, 0) is 22.6 Å². The summed E-state index contributed by atoms with van der Waals surface area (Å²) in [6.07, 6.45) is 3.20. The van der Waals surface area contributed by atoms with Gasteiger partial charge in [-0.15, -0.1) is 0 Å². The molecule has 0 bridgehead atoms. The van der Waals surface area contributed by atoms with E-state index in [0.717, 1.165) is 46.2 Å². The first-order valence-electron chi connectivity index (χ1n) is 17.3. The lowest BCUT2D eigenvalue weighted by Crippen LogP contribution is -2.46. The molecule has 1 amide bonds. The average Bonchev–Trinajstić information content (AvgIpc) is 3.57. The van der Waals surface area contributed by atoms with Crippen molar-refractivity contribution < 1.29 is 19.4 Å². The number of halogens is 2. The molecule has 2 fully saturated rings. The Kier molecular flexibility index (Phi) is 10.9. The molecule has 5 aromatic rings. The number of ether oxygens (including phenoxy) is 2. The molecule has 4 N–H and O–H groups in total. The van der Waals surface area contributed by atoms with E-state index in [4.69, 9.17) is 42.6 Å². The molecule has 3 aromatic heterocycles. The van der Waals surface area contributed by atoms with Crippen LogP contribution in [-0.4, -0.2) is 70.4 Å². The van der Waals surface area contributed by atoms with Gasteiger partial charge in [-0.1, -0.05) is 65.7 Å². The maximum Gasteiger partial charge on any atom is 0.262 e. The van der Waals surface area contributed by atoms with Crippen molar-refractivity contribution in [2.75, 3.05) is 26.9 Å². The van der Waals surface area contributed by atoms with Crippen molar-refractivity contribution in [3.8, 4) is 39.4 Å². The van der Waals surface area contributed by atoms with Crippen LogP contribution < -0.4 is 26.2 Å². The molecule has 2 aliphatic rings. The lowest BCUT2D eigenvalue weighted by molar-refractivity contribution is -0.119. The van der Waals surface area contributed by atoms with Crippen LogP contribution in [0.5, 0.6) is 5.88 Å². The van der Waals surface area contributed by atoms with Crippen molar-refractivity contribution in [2.24, 2.45) is 0 Å². The van der Waals surface area contributed by atoms with Crippen molar-refractivity contribution in [3.63, 3.8) is 0 Å². The van der Waals surface area contributed by atoms with Gasteiger partial charge in [-0.25, -0.2) is 9.97 Å². The fourth-order valence-corrected chi connectivity index (χ4v) is 7.55. The molecule has 11 nitrogen and oxygen atoms in total. The monoisotopic (exact) mass is 742 g/mol. The van der Waals surface area contributed by atoms with Crippen LogP contribution >= 0.6 is 23.2 Å². The predicted octanol–water partition coefficient (Wildman–Crippen LogP) is 5.32. The number of aromatic nitrogens is 3. The number of hydrogen-bond acceptors (Lipinski definition) is 9. The molecule has 0 saturated carbocycles. The summed E-state index contributed by atoms with van der Waals surface area (Å²) in [6, 6.07) is 19.1. The molecule has 5 heterocycles. The number of aliphatic hydroxyl groups excluding tert-OH is 1. The Labute approximate surface area is 311 Å². The highest BCUT2D eigenvalue weighted by Crippen LogP contribution is 2.42. The van der Waals surface area contributed by atoms with Gasteiger partial charge in [-0.3, -0.25) is 14.0 Å². The minimum atomic E-state index is -0.563. The molecule has 13 heteroatoms. The zero-order valence-electron chi connectivity index (χ0n) is 28.9. The third kappa shape index (κ3) is 7.43. The van der Waals surface area contributed by atoms with Gasteiger partial charge in [0.1, 0.15) is 5.65 Å². The fraction of sp³-hybridized carbons (Fsp3) is 0.333. The van der Waals surface area contributed by atoms with Crippen LogP contribution in [0.2, 0.25) is 10.0 Å². The summed E-state index contributed by atoms with van der Waals surface area (Å²) in [5.41, 5.74) is 6.87. The molecular weight excluding hydrogens is 703 g/mol. The van der Waals surface area contributed by atoms with Crippen LogP contribution in [0.1, 0.15) is 36.1 Å². The van der Waals surface area contributed by atoms with Crippen LogP contribution in [0.25, 0.3) is 39.2 Å². The number of aryl methyl sites for hydroxylation is 1. The van der Waals surface area contributed by atoms with Crippen LogP contribution in [0.4, 0.5) is 0 Å². The summed E-state index contributed by atoms with van der Waals surface area (Å²) in [5, 5.41) is 20.9. The van der Waals surface area contributed by atoms with E-state index in [9.17, 15) is 14.7 Å². The van der Waals surface area contributed by atoms with E-state index in [-0.39, 0.29) is 23.6 Å². The molecule has 270 valence electrons. The highest BCUT2D eigenvalue weighted by molar-refractivity contribution is 6.39. The highest BCUT2D eigenvalue weighted by Gasteiger charge is 2.24. The molecule has 0 aliphatic carbocycles. The summed E-state index contributed by atoms with van der Waals surface area (Å²) in [6.45, 7) is 4.18. The van der Waals surface area contributed by atoms with Gasteiger partial charge in [0.15, 0.2) is 0 Å². The van der Waals surface area contributed by atoms with E-state index < -0.39 is 6.10 Å². The first-order valence-corrected chi connectivity index (χ1v) is 18.1. The number of nitrogens with one attached hydrogen (secondary N) is 3. The van der Waals surface area contributed by atoms with Crippen LogP contribution in [0.3, 0.4) is 0 Å². The standard InChI is InChI=1S/C39H40Cl2N6O5/c1-22-30(20-42-19-25-10-12-35(49)45-25)39(50)47-15-13-23(17-34(47)44-22)26-5-3-6-27(36(26)40)28-7-4-8-29(37(28)41)31-11-9-24(38(46-31)51-2)18-43-32-14-16-52-21-33(32)48/h3-9,11,13,15,17,25,32-33,42-43,48H,10,12,14,16,18-21H2,1-2H3,(H,45,49)/t25?,32-,33+/m0/s1. The van der Waals surface area contributed by atoms with Crippen molar-refractivity contribution in [1.82, 2.24) is 30.3 Å². The van der Waals surface area contributed by atoms with E-state index in [1.54, 1.807) is 17.7 Å². The summed E-state index contributed by atoms with van der Waals surface area (Å²) in [4.78, 5) is 34.6. The quantitative estimate of drug-likeness (QED) is 0.142. The number of benzene rings is 2. The van der Waals surface area contributed by atoms with E-state index in [1.807, 2.05) is 67.6 Å². The third-order valence-corrected chi connectivity index (χ3v) is 10.6. The fourth-order valence-electron chi connectivity index (χ4n) is 6.89. The van der Waals surface area contributed by atoms with Gasteiger partial charge in [0.2, 0.25) is 11.8 Å². The second kappa shape index (κ2) is 15.7. The zero-order chi connectivity index (χ0) is 36.4. The number of nitrogens with zero attached hydrogens (tertiary/aromatic N) is 3. The van der Waals surface area contributed by atoms with E-state index in [2.05, 4.69) is 16.0 Å². The van der Waals surface area contributed by atoms with Gasteiger partial charge in [0.25, 0.3) is 5.56 Å². The molecule has 7 rings (SSSR count). The number of carbonyl (C=O) groups is 1. The lowest BCUT2D eigenvalue weighted by atomic mass is 9.97. The molecule has 0 radical (unpaired) electrons. The van der Waals surface area contributed by atoms with Crippen molar-refractivity contribution in [3.05, 3.63) is 104 Å². The lowest BCUT2D eigenvalue weighted by Gasteiger charge is -2.28. The van der Waals surface area contributed by atoms with E-state index >= 15 is 0 Å². The second-order valence-electron chi connectivity index (χ2n) is 13.2. The van der Waals surface area contributed by atoms with Gasteiger partial charge in [0, 0.05) is 84.5 Å². The molecule has 2 aromatic carbocycles. The Bertz CT molecular complexity index is 2190. The van der Waals surface area contributed by atoms with Gasteiger partial charge < -0.3 is 30.5 Å². The first kappa shape index (κ1) is 36.0. The first-order chi connectivity index (χ1) is 25.2. The van der Waals surface area contributed by atoms with Crippen LogP contribution in [0, 0.1) is 6.92 Å². The Hall–Kier alpha value is -4.36. The molecule has 2 aliphatic heterocycles. The maximum absolute atomic E-state index is 13.5. The molecule has 2 saturated heterocycles. The van der Waals surface area contributed by atoms with Crippen molar-refractivity contribution >= 4 is 34.8 Å². The molecular formula is C39H40Cl2N6O5. The van der Waals surface area contributed by atoms with E-state index in [0.29, 0.717) is 77.8 Å². The summed E-state index contributed by atoms with van der Waals surface area (Å²) in [7, 11) is 1.58. The van der Waals surface area contributed by atoms with Gasteiger partial charge in [0.05, 0.1) is 41.1 Å². The number of amides is 1. The minimum absolute atomic E-state index is 0.0615. The second-order valence-corrected chi connectivity index (χ2v) is 13.9. The number of aliphatic hydroxyl groups is 1. The Morgan fingerprint density at radius 3 is 2.46 bits per heavy atom. The van der Waals surface area contributed by atoms with Crippen LogP contribution in [0.15, 0.2) is 71.7 Å². The topological polar surface area (TPSA) is 139 Å². The summed E-state index contributed by atoms with van der Waals surface area (Å²) < 4.78 is 12.5. The number of hydrogen-bond donors (Lipinski definition) is 4. The Morgan fingerprint density at radius 1 is 0.981 bits per heavy atom. The van der Waals surface area contributed by atoms with Crippen molar-refractivity contribution in [1.29, 1.82) is 0 Å². The Balaban J connectivity index is 1.13. The maximum atomic E-state index is 13.5. The van der Waals surface area contributed by atoms with Crippen molar-refractivity contribution in [2.45, 2.75) is 57.5 Å². The molecule has 52 heavy (non-hydrogen) atoms. The minimum Gasteiger partial charge on any atom is -0.481 e. The summed E-state index contributed by atoms with van der Waals surface area (Å²) >= 11 is 14.2. The highest BCUT2D eigenvalue weighted by atomic mass is 35.5. The Morgan fingerprint density at radius 2 is 1.73 bits per heavy atom. The normalized spacial score (nSPS) is 18.9. The van der Waals surface area contributed by atoms with Gasteiger partial charge >= 0.3 is 0 Å². The number of rotatable bonds is 11. The van der Waals surface area contributed by atoms with Gasteiger partial charge in [-0.2, -0.15) is 0 Å². The SMILES string of the molecule is COc1nc(-c2cccc(-c3cccc(-c4ccn5c(=O)c(CNCC6CCC(=O)N6)c(C)nc5c4)c3Cl)c2Cl)ccc1CN[C@H]1CCOC[C@H]1O. The van der Waals surface area contributed by atoms with E-state index in [1.165, 1.54) is 0 Å². The smallest absolute Gasteiger partial charge is 0.262 e. The molecule has 1 unspecified atom stereocenters. The zero-order valence-corrected chi connectivity index (χ0v) is 30.4. The number of carbonyl (C=O) groups excluding carboxylic acids is 1. The predicted molar refractivity (Wildman–Crippen MR) is 202 cm³/mol. The average molecular weight is 744 g/mol. The largest absolute Gasteiger partial charge is 0.481 e. The van der Waals surface area contributed by atoms with Gasteiger partial charge in [-0.05, 0) is 43.5 Å².